The van der Waals surface area contributed by atoms with Crippen molar-refractivity contribution in [2.75, 3.05) is 19.5 Å². The first-order valence-corrected chi connectivity index (χ1v) is 7.66. The van der Waals surface area contributed by atoms with Crippen LogP contribution in [0.5, 0.6) is 0 Å². The number of anilines is 1. The van der Waals surface area contributed by atoms with E-state index in [2.05, 4.69) is 15.8 Å². The van der Waals surface area contributed by atoms with Crippen LogP contribution in [0.3, 0.4) is 0 Å². The van der Waals surface area contributed by atoms with Gasteiger partial charge in [0.1, 0.15) is 19.5 Å². The van der Waals surface area contributed by atoms with Gasteiger partial charge < -0.3 is 14.9 Å². The molecule has 2 aromatic carbocycles. The van der Waals surface area contributed by atoms with E-state index < -0.39 is 17.8 Å². The Kier molecular flexibility index (Phi) is 6.67. The summed E-state index contributed by atoms with van der Waals surface area (Å²) in [6, 6.07) is 12.1. The molecule has 0 radical (unpaired) electrons. The average molecular weight is 359 g/mol. The molecule has 2 N–H and O–H groups in total. The fourth-order valence-corrected chi connectivity index (χ4v) is 2.13. The van der Waals surface area contributed by atoms with Crippen molar-refractivity contribution in [3.8, 4) is 0 Å². The van der Waals surface area contributed by atoms with Crippen LogP contribution in [0.2, 0.25) is 0 Å². The Labute approximate surface area is 149 Å². The molecule has 0 aliphatic rings. The fourth-order valence-electron chi connectivity index (χ4n) is 2.13. The van der Waals surface area contributed by atoms with Crippen molar-refractivity contribution in [1.82, 2.24) is 5.32 Å². The summed E-state index contributed by atoms with van der Waals surface area (Å²) in [7, 11) is 2.81. The molecule has 0 heterocycles. The third-order valence-corrected chi connectivity index (χ3v) is 3.35. The lowest BCUT2D eigenvalue weighted by atomic mass is 10.0. The highest BCUT2D eigenvalue weighted by atomic mass is 19.1. The molecule has 2 rings (SSSR count). The molecule has 0 saturated carbocycles. The molecule has 0 saturated heterocycles. The van der Waals surface area contributed by atoms with Crippen molar-refractivity contribution in [3.63, 3.8) is 0 Å². The summed E-state index contributed by atoms with van der Waals surface area (Å²) in [4.78, 5) is 28.6. The molecule has 8 heteroatoms. The summed E-state index contributed by atoms with van der Waals surface area (Å²) < 4.78 is 18.0. The Morgan fingerprint density at radius 3 is 2.46 bits per heavy atom. The van der Waals surface area contributed by atoms with Crippen molar-refractivity contribution in [2.24, 2.45) is 5.16 Å². The van der Waals surface area contributed by atoms with Gasteiger partial charge in [-0.1, -0.05) is 29.4 Å². The number of oxime groups is 1. The second-order valence-corrected chi connectivity index (χ2v) is 5.07. The van der Waals surface area contributed by atoms with Crippen LogP contribution in [0.15, 0.2) is 53.7 Å². The first kappa shape index (κ1) is 18.9. The van der Waals surface area contributed by atoms with E-state index in [1.165, 1.54) is 38.4 Å². The lowest BCUT2D eigenvalue weighted by molar-refractivity contribution is -0.114. The Morgan fingerprint density at radius 1 is 1.12 bits per heavy atom. The molecule has 7 nitrogen and oxygen atoms in total. The maximum Gasteiger partial charge on any atom is 0.411 e. The average Bonchev–Trinajstić information content (AvgIpc) is 2.66. The van der Waals surface area contributed by atoms with Gasteiger partial charge in [-0.25, -0.2) is 9.18 Å². The van der Waals surface area contributed by atoms with E-state index in [1.54, 1.807) is 24.3 Å². The minimum atomic E-state index is -0.711. The van der Waals surface area contributed by atoms with Gasteiger partial charge in [0.2, 0.25) is 0 Å². The summed E-state index contributed by atoms with van der Waals surface area (Å²) in [5.41, 5.74) is 1.51. The monoisotopic (exact) mass is 359 g/mol. The van der Waals surface area contributed by atoms with Crippen LogP contribution in [0.1, 0.15) is 11.1 Å². The molecule has 136 valence electrons. The van der Waals surface area contributed by atoms with E-state index in [0.29, 0.717) is 16.8 Å². The number of ether oxygens (including phenoxy) is 1. The van der Waals surface area contributed by atoms with Crippen LogP contribution in [0.25, 0.3) is 0 Å². The van der Waals surface area contributed by atoms with E-state index in [9.17, 15) is 14.0 Å². The molecule has 0 fully saturated rings. The summed E-state index contributed by atoms with van der Waals surface area (Å²) in [6.45, 7) is -0.0943. The molecule has 0 bridgehead atoms. The van der Waals surface area contributed by atoms with Crippen molar-refractivity contribution < 1.29 is 23.6 Å². The van der Waals surface area contributed by atoms with Gasteiger partial charge in [0.25, 0.3) is 5.91 Å². The molecular weight excluding hydrogens is 341 g/mol. The first-order valence-electron chi connectivity index (χ1n) is 7.66. The van der Waals surface area contributed by atoms with E-state index in [4.69, 9.17) is 9.57 Å². The Hall–Kier alpha value is -3.42. The molecule has 0 atom stereocenters. The number of carbonyl (C=O) groups excluding carboxylic acids is 2. The highest BCUT2D eigenvalue weighted by Gasteiger charge is 2.18. The minimum absolute atomic E-state index is 0.0631. The van der Waals surface area contributed by atoms with Gasteiger partial charge in [0.15, 0.2) is 5.71 Å². The number of nitrogens with one attached hydrogen (secondary N) is 2. The molecule has 26 heavy (non-hydrogen) atoms. The molecule has 0 aliphatic carbocycles. The molecule has 0 aliphatic heterocycles. The number of hydrogen-bond acceptors (Lipinski definition) is 5. The summed E-state index contributed by atoms with van der Waals surface area (Å²) in [6.07, 6.45) is -0.711. The number of carbonyl (C=O) groups is 2. The van der Waals surface area contributed by atoms with Crippen LogP contribution in [0, 0.1) is 5.82 Å². The maximum atomic E-state index is 12.9. The van der Waals surface area contributed by atoms with Gasteiger partial charge in [0, 0.05) is 18.3 Å². The van der Waals surface area contributed by atoms with E-state index in [-0.39, 0.29) is 12.3 Å². The third-order valence-electron chi connectivity index (χ3n) is 3.35. The zero-order valence-electron chi connectivity index (χ0n) is 14.3. The zero-order valence-corrected chi connectivity index (χ0v) is 14.3. The first-order chi connectivity index (χ1) is 12.5. The molecule has 0 spiro atoms. The predicted octanol–water partition coefficient (Wildman–Crippen LogP) is 2.67. The number of amides is 2. The maximum absolute atomic E-state index is 12.9. The van der Waals surface area contributed by atoms with E-state index in [1.807, 2.05) is 0 Å². The normalized spacial score (nSPS) is 10.8. The van der Waals surface area contributed by atoms with Crippen LogP contribution < -0.4 is 10.6 Å². The van der Waals surface area contributed by atoms with Gasteiger partial charge in [0.05, 0.1) is 0 Å². The van der Waals surface area contributed by atoms with Gasteiger partial charge in [-0.2, -0.15) is 0 Å². The largest absolute Gasteiger partial charge is 0.444 e. The Morgan fingerprint density at radius 2 is 1.81 bits per heavy atom. The number of nitrogens with zero attached hydrogens (tertiary/aromatic N) is 1. The van der Waals surface area contributed by atoms with Crippen molar-refractivity contribution in [2.45, 2.75) is 6.61 Å². The number of halogens is 1. The highest BCUT2D eigenvalue weighted by molar-refractivity contribution is 6.45. The number of benzene rings is 2. The van der Waals surface area contributed by atoms with Crippen molar-refractivity contribution in [3.05, 3.63) is 65.5 Å². The smallest absolute Gasteiger partial charge is 0.411 e. The van der Waals surface area contributed by atoms with Gasteiger partial charge >= 0.3 is 6.09 Å². The third kappa shape index (κ3) is 5.04. The van der Waals surface area contributed by atoms with Gasteiger partial charge in [-0.05, 0) is 29.8 Å². The van der Waals surface area contributed by atoms with Crippen molar-refractivity contribution in [1.29, 1.82) is 0 Å². The fraction of sp³-hybridized carbons (Fsp3) is 0.167. The van der Waals surface area contributed by atoms with Gasteiger partial charge in [-0.3, -0.25) is 10.1 Å². The molecule has 0 unspecified atom stereocenters. The molecule has 0 aromatic heterocycles. The summed E-state index contributed by atoms with van der Waals surface area (Å²) in [5, 5.41) is 8.70. The van der Waals surface area contributed by atoms with Crippen molar-refractivity contribution >= 4 is 23.4 Å². The van der Waals surface area contributed by atoms with Crippen LogP contribution in [-0.4, -0.2) is 31.9 Å². The summed E-state index contributed by atoms with van der Waals surface area (Å²) in [5.74, 6) is -0.841. The Bertz CT molecular complexity index is 806. The molecule has 2 amide bonds. The van der Waals surface area contributed by atoms with Crippen LogP contribution >= 0.6 is 0 Å². The standard InChI is InChI=1S/C18H18FN3O4/c1-20-17(23)16(22-25-2)15-6-4-3-5-12(15)11-26-18(24)21-14-9-7-13(19)8-10-14/h3-10H,11H2,1-2H3,(H,20,23)(H,21,24)/b22-16+. The lowest BCUT2D eigenvalue weighted by Crippen LogP contribution is -2.29. The molecule has 2 aromatic rings. The van der Waals surface area contributed by atoms with Gasteiger partial charge in [-0.15, -0.1) is 0 Å². The quantitative estimate of drug-likeness (QED) is 0.613. The second kappa shape index (κ2) is 9.16. The minimum Gasteiger partial charge on any atom is -0.444 e. The predicted molar refractivity (Wildman–Crippen MR) is 94.3 cm³/mol. The Balaban J connectivity index is 2.10. The molecular formula is C18H18FN3O4. The van der Waals surface area contributed by atoms with Crippen LogP contribution in [0.4, 0.5) is 14.9 Å². The number of likely N-dealkylation sites (N-methyl/N-ethyl adjacent to an activating group) is 1. The number of hydrogen-bond donors (Lipinski definition) is 2. The lowest BCUT2D eigenvalue weighted by Gasteiger charge is -2.12. The highest BCUT2D eigenvalue weighted by Crippen LogP contribution is 2.14. The van der Waals surface area contributed by atoms with Crippen LogP contribution in [-0.2, 0) is 21.0 Å². The summed E-state index contributed by atoms with van der Waals surface area (Å²) >= 11 is 0. The van der Waals surface area contributed by atoms with E-state index >= 15 is 0 Å². The van der Waals surface area contributed by atoms with E-state index in [0.717, 1.165) is 0 Å². The second-order valence-electron chi connectivity index (χ2n) is 5.07. The topological polar surface area (TPSA) is 89.0 Å². The SMILES string of the molecule is CNC(=O)/C(=N/OC)c1ccccc1COC(=O)Nc1ccc(F)cc1. The number of rotatable bonds is 6. The zero-order chi connectivity index (χ0) is 18.9.